The van der Waals surface area contributed by atoms with Crippen LogP contribution in [-0.2, 0) is 4.79 Å². The molecule has 0 aliphatic rings. The number of para-hydroxylation sites is 2. The summed E-state index contributed by atoms with van der Waals surface area (Å²) < 4.78 is 11.3. The maximum absolute atomic E-state index is 11.8. The van der Waals surface area contributed by atoms with Crippen molar-refractivity contribution in [2.24, 2.45) is 0 Å². The molecule has 4 heteroatoms. The van der Waals surface area contributed by atoms with Crippen LogP contribution in [0.2, 0.25) is 0 Å². The Kier molecular flexibility index (Phi) is 5.83. The summed E-state index contributed by atoms with van der Waals surface area (Å²) >= 11 is 0. The fraction of sp³-hybridized carbons (Fsp3) is 0.278. The zero-order chi connectivity index (χ0) is 15.8. The molecule has 0 bridgehead atoms. The van der Waals surface area contributed by atoms with Crippen molar-refractivity contribution in [1.29, 1.82) is 0 Å². The number of carbonyl (C=O) groups excluding carboxylic acids is 1. The molecule has 0 spiro atoms. The predicted molar refractivity (Wildman–Crippen MR) is 87.7 cm³/mol. The van der Waals surface area contributed by atoms with E-state index in [1.165, 1.54) is 0 Å². The summed E-state index contributed by atoms with van der Waals surface area (Å²) in [4.78, 5) is 11.8. The molecule has 2 rings (SSSR count). The van der Waals surface area contributed by atoms with E-state index in [1.807, 2.05) is 62.4 Å². The molecular formula is C18H21NO3. The number of nitrogens with one attached hydrogen (secondary N) is 1. The molecule has 2 aromatic carbocycles. The topological polar surface area (TPSA) is 47.6 Å². The van der Waals surface area contributed by atoms with E-state index in [4.69, 9.17) is 9.47 Å². The van der Waals surface area contributed by atoms with Gasteiger partial charge in [-0.25, -0.2) is 0 Å². The number of hydrogen-bond donors (Lipinski definition) is 1. The Bertz CT molecular complexity index is 608. The Morgan fingerprint density at radius 3 is 2.36 bits per heavy atom. The third-order valence-electron chi connectivity index (χ3n) is 3.00. The van der Waals surface area contributed by atoms with Crippen LogP contribution in [0.1, 0.15) is 26.7 Å². The fourth-order valence-electron chi connectivity index (χ4n) is 2.00. The van der Waals surface area contributed by atoms with E-state index >= 15 is 0 Å². The van der Waals surface area contributed by atoms with Crippen molar-refractivity contribution in [2.75, 3.05) is 11.9 Å². The highest BCUT2D eigenvalue weighted by atomic mass is 16.5. The maximum atomic E-state index is 11.8. The Hall–Kier alpha value is -2.49. The van der Waals surface area contributed by atoms with Crippen LogP contribution >= 0.6 is 0 Å². The third-order valence-corrected chi connectivity index (χ3v) is 3.00. The van der Waals surface area contributed by atoms with Gasteiger partial charge in [-0.2, -0.15) is 0 Å². The van der Waals surface area contributed by atoms with E-state index in [0.717, 1.165) is 12.2 Å². The van der Waals surface area contributed by atoms with Crippen molar-refractivity contribution in [3.8, 4) is 17.2 Å². The highest BCUT2D eigenvalue weighted by Crippen LogP contribution is 2.30. The second-order valence-electron chi connectivity index (χ2n) is 4.80. The summed E-state index contributed by atoms with van der Waals surface area (Å²) in [6.45, 7) is 4.55. The van der Waals surface area contributed by atoms with Crippen molar-refractivity contribution in [2.45, 2.75) is 26.7 Å². The van der Waals surface area contributed by atoms with Crippen LogP contribution in [0.3, 0.4) is 0 Å². The normalized spacial score (nSPS) is 10.1. The lowest BCUT2D eigenvalue weighted by Gasteiger charge is -2.12. The van der Waals surface area contributed by atoms with Crippen molar-refractivity contribution < 1.29 is 14.3 Å². The van der Waals surface area contributed by atoms with E-state index in [1.54, 1.807) is 0 Å². The SMILES string of the molecule is CCCC(=O)Nc1ccccc1Oc1ccc(OCC)cc1. The molecule has 0 radical (unpaired) electrons. The van der Waals surface area contributed by atoms with Crippen LogP contribution in [0.25, 0.3) is 0 Å². The summed E-state index contributed by atoms with van der Waals surface area (Å²) in [6, 6.07) is 14.8. The maximum Gasteiger partial charge on any atom is 0.224 e. The fourth-order valence-corrected chi connectivity index (χ4v) is 2.00. The smallest absolute Gasteiger partial charge is 0.224 e. The number of rotatable bonds is 7. The van der Waals surface area contributed by atoms with Crippen molar-refractivity contribution in [3.63, 3.8) is 0 Å². The minimum absolute atomic E-state index is 0.00903. The molecule has 1 amide bonds. The molecule has 0 fully saturated rings. The first-order valence-electron chi connectivity index (χ1n) is 7.52. The van der Waals surface area contributed by atoms with Gasteiger partial charge in [0, 0.05) is 6.42 Å². The van der Waals surface area contributed by atoms with E-state index < -0.39 is 0 Å². The van der Waals surface area contributed by atoms with Gasteiger partial charge >= 0.3 is 0 Å². The van der Waals surface area contributed by atoms with E-state index in [2.05, 4.69) is 5.32 Å². The first kappa shape index (κ1) is 15.9. The van der Waals surface area contributed by atoms with Gasteiger partial charge in [0.15, 0.2) is 5.75 Å². The second kappa shape index (κ2) is 8.08. The number of benzene rings is 2. The summed E-state index contributed by atoms with van der Waals surface area (Å²) in [6.07, 6.45) is 1.31. The largest absolute Gasteiger partial charge is 0.494 e. The quantitative estimate of drug-likeness (QED) is 0.811. The lowest BCUT2D eigenvalue weighted by molar-refractivity contribution is -0.116. The Labute approximate surface area is 131 Å². The van der Waals surface area contributed by atoms with Gasteiger partial charge < -0.3 is 14.8 Å². The molecule has 0 aliphatic carbocycles. The van der Waals surface area contributed by atoms with E-state index in [9.17, 15) is 4.79 Å². The molecule has 2 aromatic rings. The first-order valence-corrected chi connectivity index (χ1v) is 7.52. The molecule has 0 saturated heterocycles. The Balaban J connectivity index is 2.10. The molecular weight excluding hydrogens is 278 g/mol. The lowest BCUT2D eigenvalue weighted by Crippen LogP contribution is -2.11. The first-order chi connectivity index (χ1) is 10.7. The second-order valence-corrected chi connectivity index (χ2v) is 4.80. The summed E-state index contributed by atoms with van der Waals surface area (Å²) in [5, 5.41) is 2.87. The predicted octanol–water partition coefficient (Wildman–Crippen LogP) is 4.62. The summed E-state index contributed by atoms with van der Waals surface area (Å²) in [7, 11) is 0. The average molecular weight is 299 g/mol. The van der Waals surface area contributed by atoms with Gasteiger partial charge in [0.1, 0.15) is 11.5 Å². The molecule has 116 valence electrons. The number of carbonyl (C=O) groups is 1. The van der Waals surface area contributed by atoms with Gasteiger partial charge in [-0.3, -0.25) is 4.79 Å². The van der Waals surface area contributed by atoms with Gasteiger partial charge in [0.25, 0.3) is 0 Å². The molecule has 0 unspecified atom stereocenters. The van der Waals surface area contributed by atoms with Crippen molar-refractivity contribution in [3.05, 3.63) is 48.5 Å². The highest BCUT2D eigenvalue weighted by molar-refractivity contribution is 5.92. The van der Waals surface area contributed by atoms with Gasteiger partial charge in [0.05, 0.1) is 12.3 Å². The summed E-state index contributed by atoms with van der Waals surface area (Å²) in [5.74, 6) is 2.11. The number of amides is 1. The minimum atomic E-state index is -0.00903. The monoisotopic (exact) mass is 299 g/mol. The highest BCUT2D eigenvalue weighted by Gasteiger charge is 2.08. The van der Waals surface area contributed by atoms with Crippen LogP contribution in [0.5, 0.6) is 17.2 Å². The number of anilines is 1. The van der Waals surface area contributed by atoms with Gasteiger partial charge in [-0.1, -0.05) is 19.1 Å². The molecule has 22 heavy (non-hydrogen) atoms. The molecule has 4 nitrogen and oxygen atoms in total. The Morgan fingerprint density at radius 2 is 1.68 bits per heavy atom. The van der Waals surface area contributed by atoms with Crippen LogP contribution < -0.4 is 14.8 Å². The number of hydrogen-bond acceptors (Lipinski definition) is 3. The van der Waals surface area contributed by atoms with Crippen molar-refractivity contribution >= 4 is 11.6 Å². The lowest BCUT2D eigenvalue weighted by atomic mass is 10.2. The van der Waals surface area contributed by atoms with Gasteiger partial charge in [-0.15, -0.1) is 0 Å². The summed E-state index contributed by atoms with van der Waals surface area (Å²) in [5.41, 5.74) is 0.676. The number of ether oxygens (including phenoxy) is 2. The zero-order valence-electron chi connectivity index (χ0n) is 13.0. The molecule has 0 saturated carbocycles. The molecule has 0 heterocycles. The average Bonchev–Trinajstić information content (AvgIpc) is 2.52. The third kappa shape index (κ3) is 4.52. The van der Waals surface area contributed by atoms with Gasteiger partial charge in [0.2, 0.25) is 5.91 Å². The van der Waals surface area contributed by atoms with E-state index in [0.29, 0.717) is 30.2 Å². The van der Waals surface area contributed by atoms with E-state index in [-0.39, 0.29) is 5.91 Å². The zero-order valence-corrected chi connectivity index (χ0v) is 13.0. The van der Waals surface area contributed by atoms with Gasteiger partial charge in [-0.05, 0) is 49.7 Å². The van der Waals surface area contributed by atoms with Crippen LogP contribution in [-0.4, -0.2) is 12.5 Å². The molecule has 0 atom stereocenters. The molecule has 1 N–H and O–H groups in total. The molecule has 0 aromatic heterocycles. The van der Waals surface area contributed by atoms with Crippen molar-refractivity contribution in [1.82, 2.24) is 0 Å². The standard InChI is InChI=1S/C18H21NO3/c1-3-7-18(20)19-16-8-5-6-9-17(16)22-15-12-10-14(11-13-15)21-4-2/h5-6,8-13H,3-4,7H2,1-2H3,(H,19,20). The van der Waals surface area contributed by atoms with Crippen LogP contribution in [0.15, 0.2) is 48.5 Å². The Morgan fingerprint density at radius 1 is 1.00 bits per heavy atom. The van der Waals surface area contributed by atoms with Crippen LogP contribution in [0, 0.1) is 0 Å². The van der Waals surface area contributed by atoms with Crippen LogP contribution in [0.4, 0.5) is 5.69 Å². The minimum Gasteiger partial charge on any atom is -0.494 e. The molecule has 0 aliphatic heterocycles.